The molecule has 1 aliphatic carbocycles. The number of hydrogen-bond donors (Lipinski definition) is 1. The molecule has 3 rings (SSSR count). The first kappa shape index (κ1) is 13.7. The molecule has 4 nitrogen and oxygen atoms in total. The summed E-state index contributed by atoms with van der Waals surface area (Å²) in [6, 6.07) is 2.74. The molecule has 0 atom stereocenters. The highest BCUT2D eigenvalue weighted by molar-refractivity contribution is 5.50. The first-order chi connectivity index (χ1) is 9.81. The highest BCUT2D eigenvalue weighted by Crippen LogP contribution is 2.24. The van der Waals surface area contributed by atoms with Crippen molar-refractivity contribution in [2.24, 2.45) is 0 Å². The Kier molecular flexibility index (Phi) is 4.38. The number of hydrogen-bond acceptors (Lipinski definition) is 4. The molecule has 1 saturated heterocycles. The van der Waals surface area contributed by atoms with Crippen LogP contribution in [-0.4, -0.2) is 29.1 Å². The molecule has 20 heavy (non-hydrogen) atoms. The lowest BCUT2D eigenvalue weighted by molar-refractivity contribution is 0.617. The van der Waals surface area contributed by atoms with Crippen LogP contribution in [-0.2, 0) is 0 Å². The molecule has 2 fully saturated rings. The van der Waals surface area contributed by atoms with E-state index in [2.05, 4.69) is 26.3 Å². The quantitative estimate of drug-likeness (QED) is 0.856. The Bertz CT molecular complexity index is 432. The zero-order valence-corrected chi connectivity index (χ0v) is 12.6. The molecular weight excluding hydrogens is 248 g/mol. The summed E-state index contributed by atoms with van der Waals surface area (Å²) in [6.45, 7) is 4.27. The molecule has 0 radical (unpaired) electrons. The van der Waals surface area contributed by atoms with Crippen LogP contribution in [0.4, 0.5) is 11.6 Å². The molecule has 110 valence electrons. The van der Waals surface area contributed by atoms with Crippen molar-refractivity contribution < 1.29 is 0 Å². The van der Waals surface area contributed by atoms with Gasteiger partial charge in [-0.15, -0.1) is 0 Å². The van der Waals surface area contributed by atoms with Crippen molar-refractivity contribution in [2.75, 3.05) is 23.3 Å². The van der Waals surface area contributed by atoms with Crippen molar-refractivity contribution >= 4 is 11.6 Å². The monoisotopic (exact) mass is 274 g/mol. The number of nitrogens with one attached hydrogen (secondary N) is 1. The maximum atomic E-state index is 4.60. The highest BCUT2D eigenvalue weighted by Gasteiger charge is 2.17. The summed E-state index contributed by atoms with van der Waals surface area (Å²) in [6.07, 6.45) is 10.6. The third-order valence-electron chi connectivity index (χ3n) is 4.46. The van der Waals surface area contributed by atoms with Gasteiger partial charge in [0.15, 0.2) is 0 Å². The van der Waals surface area contributed by atoms with E-state index in [0.29, 0.717) is 6.04 Å². The molecule has 0 unspecified atom stereocenters. The molecule has 1 saturated carbocycles. The van der Waals surface area contributed by atoms with Gasteiger partial charge in [-0.25, -0.2) is 9.97 Å². The molecule has 1 aromatic heterocycles. The van der Waals surface area contributed by atoms with Gasteiger partial charge < -0.3 is 10.2 Å². The lowest BCUT2D eigenvalue weighted by atomic mass is 10.1. The lowest BCUT2D eigenvalue weighted by Crippen LogP contribution is -2.22. The Balaban J connectivity index is 1.71. The summed E-state index contributed by atoms with van der Waals surface area (Å²) < 4.78 is 0. The highest BCUT2D eigenvalue weighted by atomic mass is 15.2. The summed E-state index contributed by atoms with van der Waals surface area (Å²) in [5.41, 5.74) is 0. The van der Waals surface area contributed by atoms with Crippen molar-refractivity contribution in [3.05, 3.63) is 11.9 Å². The SMILES string of the molecule is Cc1nc(NC2CCCCCC2)cc(N2CCCC2)n1. The van der Waals surface area contributed by atoms with E-state index in [0.717, 1.165) is 30.5 Å². The van der Waals surface area contributed by atoms with E-state index >= 15 is 0 Å². The predicted molar refractivity (Wildman–Crippen MR) is 83.3 cm³/mol. The first-order valence-electron chi connectivity index (χ1n) is 8.18. The van der Waals surface area contributed by atoms with Gasteiger partial charge in [0.2, 0.25) is 0 Å². The molecule has 0 amide bonds. The van der Waals surface area contributed by atoms with Crippen molar-refractivity contribution in [2.45, 2.75) is 64.3 Å². The number of anilines is 2. The molecular formula is C16H26N4. The summed E-state index contributed by atoms with van der Waals surface area (Å²) in [7, 11) is 0. The van der Waals surface area contributed by atoms with E-state index in [1.807, 2.05) is 6.92 Å². The lowest BCUT2D eigenvalue weighted by Gasteiger charge is -2.20. The van der Waals surface area contributed by atoms with Crippen LogP contribution in [0.15, 0.2) is 6.07 Å². The Hall–Kier alpha value is -1.32. The minimum atomic E-state index is 0.596. The minimum Gasteiger partial charge on any atom is -0.367 e. The van der Waals surface area contributed by atoms with Gasteiger partial charge in [-0.2, -0.15) is 0 Å². The normalized spacial score (nSPS) is 20.9. The number of aryl methyl sites for hydroxylation is 1. The molecule has 1 N–H and O–H groups in total. The molecule has 2 aliphatic rings. The fourth-order valence-electron chi connectivity index (χ4n) is 3.37. The zero-order chi connectivity index (χ0) is 13.8. The van der Waals surface area contributed by atoms with Crippen LogP contribution in [0.2, 0.25) is 0 Å². The molecule has 0 spiro atoms. The van der Waals surface area contributed by atoms with E-state index in [-0.39, 0.29) is 0 Å². The number of rotatable bonds is 3. The summed E-state index contributed by atoms with van der Waals surface area (Å²) >= 11 is 0. The molecule has 1 aliphatic heterocycles. The molecule has 4 heteroatoms. The standard InChI is InChI=1S/C16H26N4/c1-13-17-15(19-14-8-4-2-3-5-9-14)12-16(18-13)20-10-6-7-11-20/h12,14H,2-11H2,1H3,(H,17,18,19). The van der Waals surface area contributed by atoms with Crippen LogP contribution < -0.4 is 10.2 Å². The van der Waals surface area contributed by atoms with Crippen LogP contribution in [0.25, 0.3) is 0 Å². The average Bonchev–Trinajstić information content (AvgIpc) is 2.85. The van der Waals surface area contributed by atoms with E-state index in [9.17, 15) is 0 Å². The van der Waals surface area contributed by atoms with Gasteiger partial charge in [-0.1, -0.05) is 25.7 Å². The Morgan fingerprint density at radius 1 is 1.00 bits per heavy atom. The van der Waals surface area contributed by atoms with E-state index < -0.39 is 0 Å². The molecule has 0 aromatic carbocycles. The molecule has 1 aromatic rings. The van der Waals surface area contributed by atoms with Crippen molar-refractivity contribution in [1.29, 1.82) is 0 Å². The summed E-state index contributed by atoms with van der Waals surface area (Å²) in [5, 5.41) is 3.65. The predicted octanol–water partition coefficient (Wildman–Crippen LogP) is 3.52. The Morgan fingerprint density at radius 2 is 1.70 bits per heavy atom. The average molecular weight is 274 g/mol. The minimum absolute atomic E-state index is 0.596. The van der Waals surface area contributed by atoms with E-state index in [1.54, 1.807) is 0 Å². The van der Waals surface area contributed by atoms with Gasteiger partial charge in [0.05, 0.1) is 0 Å². The largest absolute Gasteiger partial charge is 0.367 e. The van der Waals surface area contributed by atoms with Crippen LogP contribution in [0.5, 0.6) is 0 Å². The Morgan fingerprint density at radius 3 is 2.40 bits per heavy atom. The van der Waals surface area contributed by atoms with Gasteiger partial charge in [0, 0.05) is 25.2 Å². The van der Waals surface area contributed by atoms with Gasteiger partial charge >= 0.3 is 0 Å². The smallest absolute Gasteiger partial charge is 0.134 e. The van der Waals surface area contributed by atoms with Gasteiger partial charge in [-0.05, 0) is 32.6 Å². The topological polar surface area (TPSA) is 41.1 Å². The van der Waals surface area contributed by atoms with Crippen molar-refractivity contribution in [1.82, 2.24) is 9.97 Å². The van der Waals surface area contributed by atoms with Crippen LogP contribution in [0, 0.1) is 6.92 Å². The van der Waals surface area contributed by atoms with Crippen molar-refractivity contribution in [3.8, 4) is 0 Å². The fraction of sp³-hybridized carbons (Fsp3) is 0.750. The third kappa shape index (κ3) is 3.41. The van der Waals surface area contributed by atoms with Crippen LogP contribution >= 0.6 is 0 Å². The number of nitrogens with zero attached hydrogens (tertiary/aromatic N) is 3. The van der Waals surface area contributed by atoms with Gasteiger partial charge in [0.1, 0.15) is 17.5 Å². The maximum absolute atomic E-state index is 4.60. The van der Waals surface area contributed by atoms with Crippen LogP contribution in [0.1, 0.15) is 57.2 Å². The van der Waals surface area contributed by atoms with Gasteiger partial charge in [-0.3, -0.25) is 0 Å². The first-order valence-corrected chi connectivity index (χ1v) is 8.18. The Labute approximate surface area is 122 Å². The maximum Gasteiger partial charge on any atom is 0.134 e. The summed E-state index contributed by atoms with van der Waals surface area (Å²) in [4.78, 5) is 11.6. The van der Waals surface area contributed by atoms with Crippen molar-refractivity contribution in [3.63, 3.8) is 0 Å². The van der Waals surface area contributed by atoms with Gasteiger partial charge in [0.25, 0.3) is 0 Å². The summed E-state index contributed by atoms with van der Waals surface area (Å²) in [5.74, 6) is 3.00. The number of aromatic nitrogens is 2. The van der Waals surface area contributed by atoms with E-state index in [1.165, 1.54) is 51.4 Å². The third-order valence-corrected chi connectivity index (χ3v) is 4.46. The molecule has 2 heterocycles. The van der Waals surface area contributed by atoms with Crippen LogP contribution in [0.3, 0.4) is 0 Å². The second kappa shape index (κ2) is 6.42. The van der Waals surface area contributed by atoms with E-state index in [4.69, 9.17) is 0 Å². The zero-order valence-electron chi connectivity index (χ0n) is 12.6. The molecule has 0 bridgehead atoms. The second-order valence-corrected chi connectivity index (χ2v) is 6.19. The second-order valence-electron chi connectivity index (χ2n) is 6.19. The fourth-order valence-corrected chi connectivity index (χ4v) is 3.37.